The molecule has 1 aliphatic carbocycles. The highest BCUT2D eigenvalue weighted by molar-refractivity contribution is 6.31. The van der Waals surface area contributed by atoms with E-state index in [4.69, 9.17) is 11.6 Å². The summed E-state index contributed by atoms with van der Waals surface area (Å²) in [5.41, 5.74) is -0.0120. The van der Waals surface area contributed by atoms with Crippen molar-refractivity contribution >= 4 is 23.0 Å². The summed E-state index contributed by atoms with van der Waals surface area (Å²) in [5, 5.41) is 20.0. The molecule has 1 N–H and O–H groups in total. The number of nitro groups is 1. The molecule has 19 heavy (non-hydrogen) atoms. The van der Waals surface area contributed by atoms with Crippen LogP contribution in [0.5, 0.6) is 0 Å². The first kappa shape index (κ1) is 14.0. The van der Waals surface area contributed by atoms with E-state index in [1.54, 1.807) is 11.9 Å². The Morgan fingerprint density at radius 2 is 2.21 bits per heavy atom. The molecule has 0 bridgehead atoms. The Balaban J connectivity index is 2.22. The maximum atomic E-state index is 13.3. The number of aliphatic hydroxyl groups excluding tert-OH is 1. The van der Waals surface area contributed by atoms with Crippen LogP contribution in [-0.4, -0.2) is 29.7 Å². The molecule has 0 amide bonds. The number of hydrogen-bond acceptors (Lipinski definition) is 4. The largest absolute Gasteiger partial charge is 0.393 e. The van der Waals surface area contributed by atoms with Gasteiger partial charge in [-0.1, -0.05) is 11.6 Å². The Kier molecular flexibility index (Phi) is 3.91. The predicted molar refractivity (Wildman–Crippen MR) is 70.1 cm³/mol. The second kappa shape index (κ2) is 5.30. The average Bonchev–Trinajstić information content (AvgIpc) is 2.29. The van der Waals surface area contributed by atoms with E-state index in [9.17, 15) is 19.6 Å². The highest BCUT2D eigenvalue weighted by Gasteiger charge is 2.30. The summed E-state index contributed by atoms with van der Waals surface area (Å²) in [6.45, 7) is 0.569. The number of aliphatic hydroxyl groups is 1. The Morgan fingerprint density at radius 1 is 1.58 bits per heavy atom. The number of hydrogen-bond donors (Lipinski definition) is 1. The molecule has 1 aromatic rings. The fourth-order valence-corrected chi connectivity index (χ4v) is 2.47. The minimum Gasteiger partial charge on any atom is -0.393 e. The SMILES string of the molecule is CN(CC1CC(O)C1)c1cc(Cl)c(F)cc1[N+](=O)[O-]. The van der Waals surface area contributed by atoms with Crippen molar-refractivity contribution in [1.29, 1.82) is 0 Å². The van der Waals surface area contributed by atoms with Crippen molar-refractivity contribution in [1.82, 2.24) is 0 Å². The Hall–Kier alpha value is -1.40. The monoisotopic (exact) mass is 288 g/mol. The lowest BCUT2D eigenvalue weighted by Crippen LogP contribution is -2.37. The van der Waals surface area contributed by atoms with Crippen molar-refractivity contribution in [2.75, 3.05) is 18.5 Å². The van der Waals surface area contributed by atoms with E-state index < -0.39 is 10.7 Å². The molecule has 0 atom stereocenters. The van der Waals surface area contributed by atoms with Crippen LogP contribution in [-0.2, 0) is 0 Å². The van der Waals surface area contributed by atoms with Gasteiger partial charge in [0.05, 0.1) is 22.1 Å². The van der Waals surface area contributed by atoms with Gasteiger partial charge in [-0.3, -0.25) is 10.1 Å². The van der Waals surface area contributed by atoms with Gasteiger partial charge in [-0.15, -0.1) is 0 Å². The first-order valence-corrected chi connectivity index (χ1v) is 6.29. The summed E-state index contributed by atoms with van der Waals surface area (Å²) < 4.78 is 13.3. The fourth-order valence-electron chi connectivity index (χ4n) is 2.31. The van der Waals surface area contributed by atoms with Crippen LogP contribution in [0.1, 0.15) is 12.8 Å². The molecule has 2 rings (SSSR count). The molecule has 0 heterocycles. The van der Waals surface area contributed by atoms with Gasteiger partial charge in [0.2, 0.25) is 0 Å². The first-order valence-electron chi connectivity index (χ1n) is 5.91. The summed E-state index contributed by atoms with van der Waals surface area (Å²) in [7, 11) is 1.70. The van der Waals surface area contributed by atoms with E-state index in [0.29, 0.717) is 25.3 Å². The van der Waals surface area contributed by atoms with Gasteiger partial charge < -0.3 is 10.0 Å². The lowest BCUT2D eigenvalue weighted by molar-refractivity contribution is -0.384. The Labute approximate surface area is 114 Å². The van der Waals surface area contributed by atoms with Crippen molar-refractivity contribution in [3.8, 4) is 0 Å². The van der Waals surface area contributed by atoms with E-state index >= 15 is 0 Å². The van der Waals surface area contributed by atoms with Crippen LogP contribution in [0.2, 0.25) is 5.02 Å². The van der Waals surface area contributed by atoms with E-state index in [2.05, 4.69) is 0 Å². The topological polar surface area (TPSA) is 66.6 Å². The van der Waals surface area contributed by atoms with E-state index in [-0.39, 0.29) is 22.5 Å². The third-order valence-corrected chi connectivity index (χ3v) is 3.66. The standard InChI is InChI=1S/C12H14ClFN2O3/c1-15(6-7-2-8(17)3-7)11-4-9(13)10(14)5-12(11)16(18)19/h4-5,7-8,17H,2-3,6H2,1H3. The van der Waals surface area contributed by atoms with Gasteiger partial charge in [-0.2, -0.15) is 0 Å². The Morgan fingerprint density at radius 3 is 2.74 bits per heavy atom. The minimum absolute atomic E-state index is 0.138. The molecule has 104 valence electrons. The van der Waals surface area contributed by atoms with Gasteiger partial charge >= 0.3 is 0 Å². The molecule has 0 aliphatic heterocycles. The highest BCUT2D eigenvalue weighted by Crippen LogP contribution is 2.35. The van der Waals surface area contributed by atoms with Gasteiger partial charge in [0.1, 0.15) is 11.5 Å². The predicted octanol–water partition coefficient (Wildman–Crippen LogP) is 2.59. The number of anilines is 1. The molecule has 0 saturated heterocycles. The van der Waals surface area contributed by atoms with Crippen molar-refractivity contribution in [3.05, 3.63) is 33.1 Å². The van der Waals surface area contributed by atoms with Gasteiger partial charge in [-0.25, -0.2) is 4.39 Å². The van der Waals surface area contributed by atoms with Crippen molar-refractivity contribution in [2.45, 2.75) is 18.9 Å². The van der Waals surface area contributed by atoms with Crippen LogP contribution >= 0.6 is 11.6 Å². The van der Waals surface area contributed by atoms with Gasteiger partial charge in [0, 0.05) is 13.6 Å². The normalized spacial score (nSPS) is 21.9. The second-order valence-electron chi connectivity index (χ2n) is 4.88. The lowest BCUT2D eigenvalue weighted by atomic mass is 9.82. The van der Waals surface area contributed by atoms with E-state index in [1.165, 1.54) is 6.07 Å². The summed E-state index contributed by atoms with van der Waals surface area (Å²) in [5.74, 6) is -0.506. The maximum Gasteiger partial charge on any atom is 0.295 e. The Bertz CT molecular complexity index is 506. The van der Waals surface area contributed by atoms with Crippen LogP contribution in [0, 0.1) is 21.8 Å². The molecule has 0 radical (unpaired) electrons. The molecule has 0 aromatic heterocycles. The molecule has 0 spiro atoms. The summed E-state index contributed by atoms with van der Waals surface area (Å²) >= 11 is 5.68. The third-order valence-electron chi connectivity index (χ3n) is 3.37. The first-order chi connectivity index (χ1) is 8.88. The van der Waals surface area contributed by atoms with Crippen LogP contribution in [0.25, 0.3) is 0 Å². The van der Waals surface area contributed by atoms with Gasteiger partial charge in [0.15, 0.2) is 0 Å². The zero-order valence-electron chi connectivity index (χ0n) is 10.3. The molecule has 5 nitrogen and oxygen atoms in total. The van der Waals surface area contributed by atoms with Crippen molar-refractivity contribution in [2.24, 2.45) is 5.92 Å². The molecular formula is C12H14ClFN2O3. The number of nitrogens with zero attached hydrogens (tertiary/aromatic N) is 2. The second-order valence-corrected chi connectivity index (χ2v) is 5.29. The lowest BCUT2D eigenvalue weighted by Gasteiger charge is -2.35. The highest BCUT2D eigenvalue weighted by atomic mass is 35.5. The average molecular weight is 289 g/mol. The van der Waals surface area contributed by atoms with Crippen molar-refractivity contribution < 1.29 is 14.4 Å². The zero-order valence-corrected chi connectivity index (χ0v) is 11.1. The number of nitro benzene ring substituents is 1. The summed E-state index contributed by atoms with van der Waals surface area (Å²) in [4.78, 5) is 12.0. The van der Waals surface area contributed by atoms with Gasteiger partial charge in [-0.05, 0) is 24.8 Å². The van der Waals surface area contributed by atoms with Crippen LogP contribution in [0.4, 0.5) is 15.8 Å². The van der Waals surface area contributed by atoms with E-state index in [1.807, 2.05) is 0 Å². The molecule has 7 heteroatoms. The van der Waals surface area contributed by atoms with Crippen LogP contribution in [0.15, 0.2) is 12.1 Å². The maximum absolute atomic E-state index is 13.3. The zero-order chi connectivity index (χ0) is 14.2. The summed E-state index contributed by atoms with van der Waals surface area (Å²) in [6.07, 6.45) is 1.10. The smallest absolute Gasteiger partial charge is 0.295 e. The molecule has 1 aliphatic rings. The number of halogens is 2. The van der Waals surface area contributed by atoms with Crippen LogP contribution in [0.3, 0.4) is 0 Å². The molecule has 1 fully saturated rings. The van der Waals surface area contributed by atoms with Crippen LogP contribution < -0.4 is 4.90 Å². The minimum atomic E-state index is -0.801. The molecule has 1 saturated carbocycles. The molecular weight excluding hydrogens is 275 g/mol. The fraction of sp³-hybridized carbons (Fsp3) is 0.500. The number of rotatable bonds is 4. The van der Waals surface area contributed by atoms with Crippen molar-refractivity contribution in [3.63, 3.8) is 0 Å². The molecule has 1 aromatic carbocycles. The van der Waals surface area contributed by atoms with Gasteiger partial charge in [0.25, 0.3) is 5.69 Å². The quantitative estimate of drug-likeness (QED) is 0.683. The number of benzene rings is 1. The third kappa shape index (κ3) is 2.96. The summed E-state index contributed by atoms with van der Waals surface area (Å²) in [6, 6.07) is 2.11. The molecule has 0 unspecified atom stereocenters. The van der Waals surface area contributed by atoms with E-state index in [0.717, 1.165) is 6.07 Å².